The molecule has 0 N–H and O–H groups in total. The molecule has 1 atom stereocenters. The lowest BCUT2D eigenvalue weighted by atomic mass is 10.2. The third-order valence-corrected chi connectivity index (χ3v) is 4.80. The number of para-hydroxylation sites is 1. The molecule has 142 valence electrons. The molecule has 1 aliphatic rings. The lowest BCUT2D eigenvalue weighted by molar-refractivity contribution is -0.126. The number of hydrogen-bond donors (Lipinski definition) is 0. The van der Waals surface area contributed by atoms with Crippen LogP contribution in [-0.4, -0.2) is 29.5 Å². The van der Waals surface area contributed by atoms with E-state index in [4.69, 9.17) is 9.15 Å². The highest BCUT2D eigenvalue weighted by Crippen LogP contribution is 2.28. The molecule has 0 unspecified atom stereocenters. The highest BCUT2D eigenvalue weighted by molar-refractivity contribution is 6.00. The summed E-state index contributed by atoms with van der Waals surface area (Å²) in [6.07, 6.45) is -0.124. The molecule has 6 heteroatoms. The van der Waals surface area contributed by atoms with Crippen molar-refractivity contribution in [3.63, 3.8) is 0 Å². The van der Waals surface area contributed by atoms with Crippen LogP contribution in [0.5, 0.6) is 0 Å². The number of benzene rings is 2. The molecule has 0 saturated heterocycles. The van der Waals surface area contributed by atoms with Crippen LogP contribution in [0.1, 0.15) is 28.7 Å². The third-order valence-electron chi connectivity index (χ3n) is 4.80. The molecular weight excluding hydrogens is 356 g/mol. The average molecular weight is 376 g/mol. The number of carbonyl (C=O) groups is 2. The van der Waals surface area contributed by atoms with E-state index < -0.39 is 12.1 Å². The van der Waals surface area contributed by atoms with E-state index in [2.05, 4.69) is 4.98 Å². The van der Waals surface area contributed by atoms with Gasteiger partial charge >= 0.3 is 5.97 Å². The maximum absolute atomic E-state index is 12.8. The second-order valence-corrected chi connectivity index (χ2v) is 6.71. The Kier molecular flexibility index (Phi) is 4.69. The van der Waals surface area contributed by atoms with Crippen molar-refractivity contribution in [3.05, 3.63) is 71.6 Å². The molecule has 0 radical (unpaired) electrons. The van der Waals surface area contributed by atoms with Gasteiger partial charge in [0.1, 0.15) is 5.76 Å². The van der Waals surface area contributed by atoms with E-state index in [0.717, 1.165) is 23.2 Å². The Morgan fingerprint density at radius 1 is 1.11 bits per heavy atom. The maximum Gasteiger partial charge on any atom is 0.361 e. The van der Waals surface area contributed by atoms with Gasteiger partial charge in [0.05, 0.1) is 0 Å². The molecule has 0 spiro atoms. The predicted molar refractivity (Wildman–Crippen MR) is 104 cm³/mol. The smallest absolute Gasteiger partial charge is 0.361 e. The predicted octanol–water partition coefficient (Wildman–Crippen LogP) is 3.78. The molecule has 2 aromatic carbocycles. The first-order valence-corrected chi connectivity index (χ1v) is 9.17. The lowest BCUT2D eigenvalue weighted by Crippen LogP contribution is -2.39. The van der Waals surface area contributed by atoms with Crippen LogP contribution in [0, 0.1) is 6.92 Å². The lowest BCUT2D eigenvalue weighted by Gasteiger charge is -2.21. The van der Waals surface area contributed by atoms with Crippen molar-refractivity contribution >= 4 is 17.6 Å². The second kappa shape index (κ2) is 7.31. The van der Waals surface area contributed by atoms with Crippen LogP contribution >= 0.6 is 0 Å². The normalized spacial score (nSPS) is 13.9. The van der Waals surface area contributed by atoms with Gasteiger partial charge in [-0.05, 0) is 44.0 Å². The average Bonchev–Trinajstić information content (AvgIpc) is 3.32. The Bertz CT molecular complexity index is 1030. The first-order valence-electron chi connectivity index (χ1n) is 9.17. The van der Waals surface area contributed by atoms with E-state index in [1.54, 1.807) is 18.7 Å². The Balaban J connectivity index is 1.48. The van der Waals surface area contributed by atoms with Gasteiger partial charge in [0, 0.05) is 17.8 Å². The first-order chi connectivity index (χ1) is 13.5. The monoisotopic (exact) mass is 376 g/mol. The number of hydrogen-bond acceptors (Lipinski definition) is 5. The summed E-state index contributed by atoms with van der Waals surface area (Å²) in [6.45, 7) is 3.81. The van der Waals surface area contributed by atoms with E-state index in [0.29, 0.717) is 18.2 Å². The Morgan fingerprint density at radius 3 is 2.61 bits per heavy atom. The second-order valence-electron chi connectivity index (χ2n) is 6.71. The van der Waals surface area contributed by atoms with Gasteiger partial charge < -0.3 is 14.1 Å². The summed E-state index contributed by atoms with van der Waals surface area (Å²) in [5.41, 5.74) is 2.84. The quantitative estimate of drug-likeness (QED) is 0.648. The van der Waals surface area contributed by atoms with Gasteiger partial charge in [0.15, 0.2) is 11.8 Å². The number of oxazole rings is 1. The maximum atomic E-state index is 12.8. The highest BCUT2D eigenvalue weighted by Gasteiger charge is 2.31. The number of nitrogens with zero attached hydrogens (tertiary/aromatic N) is 2. The van der Waals surface area contributed by atoms with Crippen LogP contribution in [0.4, 0.5) is 5.69 Å². The number of fused-ring (bicyclic) bond motifs is 1. The zero-order chi connectivity index (χ0) is 19.7. The van der Waals surface area contributed by atoms with Crippen LogP contribution in [0.2, 0.25) is 0 Å². The summed E-state index contributed by atoms with van der Waals surface area (Å²) in [5, 5.41) is 0. The van der Waals surface area contributed by atoms with E-state index in [9.17, 15) is 9.59 Å². The van der Waals surface area contributed by atoms with Crippen LogP contribution in [0.15, 0.2) is 59.0 Å². The van der Waals surface area contributed by atoms with Gasteiger partial charge in [0.25, 0.3) is 5.91 Å². The van der Waals surface area contributed by atoms with Crippen molar-refractivity contribution in [3.8, 4) is 11.5 Å². The zero-order valence-electron chi connectivity index (χ0n) is 15.7. The van der Waals surface area contributed by atoms with Crippen LogP contribution in [0.3, 0.4) is 0 Å². The molecule has 0 bridgehead atoms. The van der Waals surface area contributed by atoms with E-state index in [1.165, 1.54) is 0 Å². The number of anilines is 1. The van der Waals surface area contributed by atoms with Gasteiger partial charge in [-0.15, -0.1) is 0 Å². The molecule has 6 nitrogen and oxygen atoms in total. The summed E-state index contributed by atoms with van der Waals surface area (Å²) in [4.78, 5) is 31.3. The molecule has 0 saturated carbocycles. The number of carbonyl (C=O) groups excluding carboxylic acids is 2. The number of ether oxygens (including phenoxy) is 1. The first kappa shape index (κ1) is 18.0. The summed E-state index contributed by atoms with van der Waals surface area (Å²) >= 11 is 0. The van der Waals surface area contributed by atoms with Gasteiger partial charge in [-0.3, -0.25) is 4.79 Å². The van der Waals surface area contributed by atoms with Crippen molar-refractivity contribution in [2.24, 2.45) is 0 Å². The summed E-state index contributed by atoms with van der Waals surface area (Å²) in [6, 6.07) is 17.1. The van der Waals surface area contributed by atoms with Gasteiger partial charge in [-0.1, -0.05) is 36.4 Å². The topological polar surface area (TPSA) is 72.6 Å². The molecule has 0 fully saturated rings. The standard InChI is InChI=1S/C22H20N2O4/c1-14-19(23-20(27-14)17-9-4-3-5-10-17)22(26)28-15(2)21(25)24-13-12-16-8-6-7-11-18(16)24/h3-11,15H,12-13H2,1-2H3/t15-/m1/s1. The highest BCUT2D eigenvalue weighted by atomic mass is 16.5. The number of aromatic nitrogens is 1. The van der Waals surface area contributed by atoms with Crippen molar-refractivity contribution in [2.45, 2.75) is 26.4 Å². The molecule has 28 heavy (non-hydrogen) atoms. The number of aryl methyl sites for hydroxylation is 1. The SMILES string of the molecule is Cc1oc(-c2ccccc2)nc1C(=O)O[C@H](C)C(=O)N1CCc2ccccc21. The fraction of sp³-hybridized carbons (Fsp3) is 0.227. The van der Waals surface area contributed by atoms with E-state index >= 15 is 0 Å². The zero-order valence-corrected chi connectivity index (χ0v) is 15.7. The van der Waals surface area contributed by atoms with Crippen molar-refractivity contribution in [1.82, 2.24) is 4.98 Å². The molecule has 4 rings (SSSR count). The van der Waals surface area contributed by atoms with Crippen LogP contribution in [0.25, 0.3) is 11.5 Å². The molecule has 1 amide bonds. The van der Waals surface area contributed by atoms with Crippen molar-refractivity contribution in [2.75, 3.05) is 11.4 Å². The fourth-order valence-corrected chi connectivity index (χ4v) is 3.34. The molecule has 2 heterocycles. The minimum Gasteiger partial charge on any atom is -0.448 e. The van der Waals surface area contributed by atoms with Crippen LogP contribution < -0.4 is 4.90 Å². The number of amides is 1. The summed E-state index contributed by atoms with van der Waals surface area (Å²) in [7, 11) is 0. The summed E-state index contributed by atoms with van der Waals surface area (Å²) in [5.74, 6) is -0.216. The molecular formula is C22H20N2O4. The Morgan fingerprint density at radius 2 is 1.82 bits per heavy atom. The summed E-state index contributed by atoms with van der Waals surface area (Å²) < 4.78 is 11.0. The number of esters is 1. The van der Waals surface area contributed by atoms with Gasteiger partial charge in [-0.2, -0.15) is 0 Å². The van der Waals surface area contributed by atoms with Gasteiger partial charge in [0.2, 0.25) is 5.89 Å². The van der Waals surface area contributed by atoms with Crippen molar-refractivity contribution in [1.29, 1.82) is 0 Å². The third kappa shape index (κ3) is 3.29. The van der Waals surface area contributed by atoms with Crippen LogP contribution in [-0.2, 0) is 16.0 Å². The fourth-order valence-electron chi connectivity index (χ4n) is 3.34. The minimum atomic E-state index is -0.921. The Hall–Kier alpha value is -3.41. The molecule has 0 aliphatic carbocycles. The molecule has 1 aliphatic heterocycles. The van der Waals surface area contributed by atoms with E-state index in [-0.39, 0.29) is 11.6 Å². The minimum absolute atomic E-state index is 0.0836. The Labute approximate surface area is 162 Å². The largest absolute Gasteiger partial charge is 0.448 e. The van der Waals surface area contributed by atoms with E-state index in [1.807, 2.05) is 54.6 Å². The number of rotatable bonds is 4. The molecule has 1 aromatic heterocycles. The molecule has 3 aromatic rings. The van der Waals surface area contributed by atoms with Gasteiger partial charge in [-0.25, -0.2) is 9.78 Å². The van der Waals surface area contributed by atoms with Crippen molar-refractivity contribution < 1.29 is 18.7 Å².